The zero-order valence-electron chi connectivity index (χ0n) is 18.3. The minimum atomic E-state index is 0. The largest absolute Gasteiger partial charge is 0.381 e. The molecule has 2 saturated heterocycles. The first-order valence-corrected chi connectivity index (χ1v) is 12.2. The fourth-order valence-electron chi connectivity index (χ4n) is 3.91. The van der Waals surface area contributed by atoms with E-state index in [1.165, 1.54) is 18.4 Å². The first-order chi connectivity index (χ1) is 14.3. The molecule has 0 bridgehead atoms. The summed E-state index contributed by atoms with van der Waals surface area (Å²) in [5.74, 6) is 1.63. The van der Waals surface area contributed by atoms with Gasteiger partial charge in [0.2, 0.25) is 0 Å². The number of guanidine groups is 1. The number of rotatable bonds is 10. The summed E-state index contributed by atoms with van der Waals surface area (Å²) in [6.07, 6.45) is 5.59. The van der Waals surface area contributed by atoms with Crippen molar-refractivity contribution < 1.29 is 9.47 Å². The van der Waals surface area contributed by atoms with Gasteiger partial charge in [0.05, 0.1) is 0 Å². The molecule has 0 aromatic carbocycles. The number of thiophene rings is 1. The Balaban J connectivity index is 0.00000320. The molecule has 1 aromatic rings. The summed E-state index contributed by atoms with van der Waals surface area (Å²) in [5.41, 5.74) is 1.44. The van der Waals surface area contributed by atoms with Crippen LogP contribution in [0.2, 0.25) is 0 Å². The minimum absolute atomic E-state index is 0. The number of piperidine rings is 1. The third-order valence-corrected chi connectivity index (χ3v) is 6.40. The fourth-order valence-corrected chi connectivity index (χ4v) is 4.57. The van der Waals surface area contributed by atoms with Gasteiger partial charge in [0.25, 0.3) is 0 Å². The number of hydrogen-bond acceptors (Lipinski definition) is 5. The topological polar surface area (TPSA) is 58.1 Å². The normalized spacial score (nSPS) is 19.4. The van der Waals surface area contributed by atoms with E-state index in [0.29, 0.717) is 12.0 Å². The Morgan fingerprint density at radius 1 is 1.27 bits per heavy atom. The highest BCUT2D eigenvalue weighted by Gasteiger charge is 2.20. The van der Waals surface area contributed by atoms with E-state index in [9.17, 15) is 0 Å². The second-order valence-corrected chi connectivity index (χ2v) is 8.85. The Kier molecular flexibility index (Phi) is 13.3. The molecule has 2 fully saturated rings. The Bertz CT molecular complexity index is 574. The number of nitrogens with zero attached hydrogens (tertiary/aromatic N) is 2. The zero-order valence-corrected chi connectivity index (χ0v) is 21.5. The third kappa shape index (κ3) is 9.80. The predicted octanol–water partition coefficient (Wildman–Crippen LogP) is 3.72. The standard InChI is InChI=1S/C22H38N4O2S.HI/c1-2-23-22(24-9-3-12-28-17-19-6-13-27-14-7-19)25-21-4-10-26(11-5-21)16-20-8-15-29-18-20;/h8,15,18-19,21H,2-7,9-14,16-17H2,1H3,(H2,23,24,25);1H. The molecule has 0 atom stereocenters. The van der Waals surface area contributed by atoms with E-state index >= 15 is 0 Å². The maximum Gasteiger partial charge on any atom is 0.191 e. The molecular formula is C22H39IN4O2S. The van der Waals surface area contributed by atoms with E-state index in [-0.39, 0.29) is 24.0 Å². The predicted molar refractivity (Wildman–Crippen MR) is 136 cm³/mol. The van der Waals surface area contributed by atoms with Crippen molar-refractivity contribution in [3.8, 4) is 0 Å². The molecule has 0 unspecified atom stereocenters. The SMILES string of the molecule is CCNC(=NCCCOCC1CCOCC1)NC1CCN(Cc2ccsc2)CC1.I. The lowest BCUT2D eigenvalue weighted by atomic mass is 10.0. The number of aliphatic imine (C=N–C) groups is 1. The second-order valence-electron chi connectivity index (χ2n) is 8.07. The summed E-state index contributed by atoms with van der Waals surface area (Å²) in [7, 11) is 0. The molecule has 2 aliphatic heterocycles. The van der Waals surface area contributed by atoms with E-state index in [1.54, 1.807) is 11.3 Å². The van der Waals surface area contributed by atoms with Crippen LogP contribution < -0.4 is 10.6 Å². The molecule has 0 amide bonds. The van der Waals surface area contributed by atoms with Crippen molar-refractivity contribution >= 4 is 41.3 Å². The van der Waals surface area contributed by atoms with Crippen LogP contribution in [0.3, 0.4) is 0 Å². The Morgan fingerprint density at radius 3 is 2.77 bits per heavy atom. The van der Waals surface area contributed by atoms with E-state index in [2.05, 4.69) is 39.3 Å². The number of nitrogens with one attached hydrogen (secondary N) is 2. The molecule has 3 heterocycles. The molecule has 0 radical (unpaired) electrons. The van der Waals surface area contributed by atoms with Crippen molar-refractivity contribution in [2.24, 2.45) is 10.9 Å². The van der Waals surface area contributed by atoms with Gasteiger partial charge in [0.1, 0.15) is 0 Å². The molecule has 6 nitrogen and oxygen atoms in total. The summed E-state index contributed by atoms with van der Waals surface area (Å²) < 4.78 is 11.2. The van der Waals surface area contributed by atoms with Crippen LogP contribution in [0.1, 0.15) is 44.6 Å². The molecule has 2 N–H and O–H groups in total. The molecule has 1 aromatic heterocycles. The van der Waals surface area contributed by atoms with Gasteiger partial charge in [-0.05, 0) is 67.3 Å². The first-order valence-electron chi connectivity index (χ1n) is 11.3. The lowest BCUT2D eigenvalue weighted by Crippen LogP contribution is -2.48. The van der Waals surface area contributed by atoms with Crippen LogP contribution in [0.5, 0.6) is 0 Å². The van der Waals surface area contributed by atoms with Gasteiger partial charge in [-0.25, -0.2) is 0 Å². The van der Waals surface area contributed by atoms with E-state index < -0.39 is 0 Å². The highest BCUT2D eigenvalue weighted by molar-refractivity contribution is 14.0. The van der Waals surface area contributed by atoms with Gasteiger partial charge in [0, 0.05) is 65.2 Å². The lowest BCUT2D eigenvalue weighted by Gasteiger charge is -2.33. The van der Waals surface area contributed by atoms with Gasteiger partial charge in [-0.2, -0.15) is 11.3 Å². The van der Waals surface area contributed by atoms with Gasteiger partial charge in [0.15, 0.2) is 5.96 Å². The Morgan fingerprint density at radius 2 is 2.07 bits per heavy atom. The van der Waals surface area contributed by atoms with Gasteiger partial charge in [-0.15, -0.1) is 24.0 Å². The van der Waals surface area contributed by atoms with Gasteiger partial charge in [-0.1, -0.05) is 0 Å². The molecule has 2 aliphatic rings. The molecule has 0 saturated carbocycles. The van der Waals surface area contributed by atoms with Gasteiger partial charge in [-0.3, -0.25) is 9.89 Å². The molecule has 0 spiro atoms. The Hall–Kier alpha value is -0.420. The molecule has 0 aliphatic carbocycles. The second kappa shape index (κ2) is 15.4. The van der Waals surface area contributed by atoms with Crippen LogP contribution >= 0.6 is 35.3 Å². The van der Waals surface area contributed by atoms with Crippen molar-refractivity contribution in [1.29, 1.82) is 0 Å². The molecule has 30 heavy (non-hydrogen) atoms. The molecule has 172 valence electrons. The maximum atomic E-state index is 5.85. The summed E-state index contributed by atoms with van der Waals surface area (Å²) in [6, 6.07) is 2.74. The van der Waals surface area contributed by atoms with E-state index in [0.717, 1.165) is 84.4 Å². The van der Waals surface area contributed by atoms with Crippen LogP contribution in [-0.4, -0.2) is 69.5 Å². The van der Waals surface area contributed by atoms with Crippen molar-refractivity contribution in [2.75, 3.05) is 52.6 Å². The van der Waals surface area contributed by atoms with Crippen molar-refractivity contribution in [3.63, 3.8) is 0 Å². The van der Waals surface area contributed by atoms with Crippen molar-refractivity contribution in [1.82, 2.24) is 15.5 Å². The highest BCUT2D eigenvalue weighted by atomic mass is 127. The summed E-state index contributed by atoms with van der Waals surface area (Å²) in [6.45, 7) is 10.6. The quantitative estimate of drug-likeness (QED) is 0.201. The fraction of sp³-hybridized carbons (Fsp3) is 0.773. The summed E-state index contributed by atoms with van der Waals surface area (Å²) in [5, 5.41) is 11.5. The number of halogens is 1. The monoisotopic (exact) mass is 550 g/mol. The Labute approximate surface area is 203 Å². The number of likely N-dealkylation sites (tertiary alicyclic amines) is 1. The first kappa shape index (κ1) is 25.8. The summed E-state index contributed by atoms with van der Waals surface area (Å²) in [4.78, 5) is 7.31. The van der Waals surface area contributed by atoms with Crippen LogP contribution in [0.15, 0.2) is 21.8 Å². The van der Waals surface area contributed by atoms with Crippen molar-refractivity contribution in [2.45, 2.75) is 51.6 Å². The van der Waals surface area contributed by atoms with Crippen LogP contribution in [0.25, 0.3) is 0 Å². The number of hydrogen-bond donors (Lipinski definition) is 2. The average molecular weight is 551 g/mol. The maximum absolute atomic E-state index is 5.85. The third-order valence-electron chi connectivity index (χ3n) is 5.67. The zero-order chi connectivity index (χ0) is 20.2. The van der Waals surface area contributed by atoms with Gasteiger partial charge < -0.3 is 20.1 Å². The summed E-state index contributed by atoms with van der Waals surface area (Å²) >= 11 is 1.79. The van der Waals surface area contributed by atoms with Crippen molar-refractivity contribution in [3.05, 3.63) is 22.4 Å². The van der Waals surface area contributed by atoms with Crippen LogP contribution in [-0.2, 0) is 16.0 Å². The highest BCUT2D eigenvalue weighted by Crippen LogP contribution is 2.16. The molecule has 8 heteroatoms. The van der Waals surface area contributed by atoms with Crippen LogP contribution in [0.4, 0.5) is 0 Å². The minimum Gasteiger partial charge on any atom is -0.381 e. The van der Waals surface area contributed by atoms with Crippen LogP contribution in [0, 0.1) is 5.92 Å². The van der Waals surface area contributed by atoms with E-state index in [1.807, 2.05) is 0 Å². The average Bonchev–Trinajstić information content (AvgIpc) is 3.26. The smallest absolute Gasteiger partial charge is 0.191 e. The molecule has 3 rings (SSSR count). The lowest BCUT2D eigenvalue weighted by molar-refractivity contribution is 0.0205. The van der Waals surface area contributed by atoms with E-state index in [4.69, 9.17) is 14.5 Å². The van der Waals surface area contributed by atoms with Gasteiger partial charge >= 0.3 is 0 Å². The number of ether oxygens (including phenoxy) is 2. The molecular weight excluding hydrogens is 511 g/mol.